The van der Waals surface area contributed by atoms with Gasteiger partial charge in [-0.25, -0.2) is 13.4 Å². The summed E-state index contributed by atoms with van der Waals surface area (Å²) in [5, 5.41) is 0.375. The van der Waals surface area contributed by atoms with Gasteiger partial charge < -0.3 is 0 Å². The zero-order valence-corrected chi connectivity index (χ0v) is 13.5. The molecule has 1 heterocycles. The molecule has 0 bridgehead atoms. The van der Waals surface area contributed by atoms with E-state index in [9.17, 15) is 8.42 Å². The first kappa shape index (κ1) is 14.7. The molecule has 112 valence electrons. The molecular formula is C16H14N2O2S2. The number of aromatic nitrogens is 1. The van der Waals surface area contributed by atoms with Crippen molar-refractivity contribution in [2.45, 2.75) is 11.8 Å². The van der Waals surface area contributed by atoms with Crippen LogP contribution in [0.4, 0.5) is 5.13 Å². The molecule has 0 spiro atoms. The third-order valence-electron chi connectivity index (χ3n) is 3.12. The highest BCUT2D eigenvalue weighted by atomic mass is 32.2. The fourth-order valence-corrected chi connectivity index (χ4v) is 4.17. The van der Waals surface area contributed by atoms with E-state index in [0.717, 1.165) is 16.1 Å². The maximum Gasteiger partial charge on any atom is 0.263 e. The number of hydrogen-bond donors (Lipinski definition) is 1. The first-order valence-electron chi connectivity index (χ1n) is 6.67. The Kier molecular flexibility index (Phi) is 3.96. The molecule has 0 saturated carbocycles. The van der Waals surface area contributed by atoms with Crippen LogP contribution in [0.15, 0.2) is 65.6 Å². The van der Waals surface area contributed by atoms with Crippen molar-refractivity contribution in [2.75, 3.05) is 4.72 Å². The molecule has 1 N–H and O–H groups in total. The minimum Gasteiger partial charge on any atom is -0.255 e. The Balaban J connectivity index is 1.92. The summed E-state index contributed by atoms with van der Waals surface area (Å²) in [7, 11) is -3.60. The quantitative estimate of drug-likeness (QED) is 0.789. The van der Waals surface area contributed by atoms with Gasteiger partial charge in [-0.3, -0.25) is 4.72 Å². The second kappa shape index (κ2) is 5.90. The van der Waals surface area contributed by atoms with E-state index in [1.54, 1.807) is 30.3 Å². The van der Waals surface area contributed by atoms with Crippen molar-refractivity contribution >= 4 is 26.5 Å². The lowest BCUT2D eigenvalue weighted by Crippen LogP contribution is -2.12. The molecule has 22 heavy (non-hydrogen) atoms. The summed E-state index contributed by atoms with van der Waals surface area (Å²) < 4.78 is 27.2. The SMILES string of the molecule is Cc1sc(NS(=O)(=O)c2ccccc2)nc1-c1ccccc1. The predicted octanol–water partition coefficient (Wildman–Crippen LogP) is 3.92. The molecule has 0 unspecified atom stereocenters. The average Bonchev–Trinajstić information content (AvgIpc) is 2.89. The first-order valence-corrected chi connectivity index (χ1v) is 8.97. The number of rotatable bonds is 4. The van der Waals surface area contributed by atoms with Crippen LogP contribution in [0.5, 0.6) is 0 Å². The Morgan fingerprint density at radius 1 is 0.955 bits per heavy atom. The summed E-state index contributed by atoms with van der Waals surface area (Å²) in [6.45, 7) is 1.93. The van der Waals surface area contributed by atoms with E-state index in [0.29, 0.717) is 5.13 Å². The molecule has 1 aromatic heterocycles. The van der Waals surface area contributed by atoms with Gasteiger partial charge in [0.05, 0.1) is 10.6 Å². The molecule has 0 aliphatic rings. The number of benzene rings is 2. The van der Waals surface area contributed by atoms with Crippen molar-refractivity contribution in [3.63, 3.8) is 0 Å². The Labute approximate surface area is 133 Å². The van der Waals surface area contributed by atoms with Crippen LogP contribution >= 0.6 is 11.3 Å². The van der Waals surface area contributed by atoms with Gasteiger partial charge in [0, 0.05) is 10.4 Å². The number of nitrogens with one attached hydrogen (secondary N) is 1. The molecule has 3 rings (SSSR count). The highest BCUT2D eigenvalue weighted by molar-refractivity contribution is 7.93. The Morgan fingerprint density at radius 3 is 2.18 bits per heavy atom. The number of nitrogens with zero attached hydrogens (tertiary/aromatic N) is 1. The molecule has 0 aliphatic carbocycles. The largest absolute Gasteiger partial charge is 0.263 e. The summed E-state index contributed by atoms with van der Waals surface area (Å²) >= 11 is 1.33. The topological polar surface area (TPSA) is 59.1 Å². The summed E-state index contributed by atoms with van der Waals surface area (Å²) in [5.74, 6) is 0. The fourth-order valence-electron chi connectivity index (χ4n) is 2.08. The van der Waals surface area contributed by atoms with Crippen molar-refractivity contribution in [2.24, 2.45) is 0 Å². The van der Waals surface area contributed by atoms with Crippen molar-refractivity contribution in [1.29, 1.82) is 0 Å². The van der Waals surface area contributed by atoms with Crippen LogP contribution in [0.2, 0.25) is 0 Å². The molecular weight excluding hydrogens is 316 g/mol. The van der Waals surface area contributed by atoms with E-state index < -0.39 is 10.0 Å². The molecule has 0 atom stereocenters. The number of thiazole rings is 1. The molecule has 0 fully saturated rings. The zero-order valence-electron chi connectivity index (χ0n) is 11.9. The van der Waals surface area contributed by atoms with Gasteiger partial charge in [-0.05, 0) is 19.1 Å². The second-order valence-corrected chi connectivity index (χ2v) is 7.59. The van der Waals surface area contributed by atoms with Crippen LogP contribution in [0.3, 0.4) is 0 Å². The van der Waals surface area contributed by atoms with E-state index in [-0.39, 0.29) is 4.90 Å². The number of aryl methyl sites for hydroxylation is 1. The third-order valence-corrected chi connectivity index (χ3v) is 5.49. The van der Waals surface area contributed by atoms with E-state index >= 15 is 0 Å². The fraction of sp³-hybridized carbons (Fsp3) is 0.0625. The van der Waals surface area contributed by atoms with E-state index in [1.165, 1.54) is 11.3 Å². The highest BCUT2D eigenvalue weighted by Gasteiger charge is 2.17. The molecule has 2 aromatic carbocycles. The summed E-state index contributed by atoms with van der Waals surface area (Å²) in [6, 6.07) is 18.0. The number of anilines is 1. The molecule has 3 aromatic rings. The number of sulfonamides is 1. The molecule has 0 aliphatic heterocycles. The normalized spacial score (nSPS) is 11.3. The lowest BCUT2D eigenvalue weighted by molar-refractivity contribution is 0.601. The maximum atomic E-state index is 12.3. The zero-order chi connectivity index (χ0) is 15.6. The number of hydrogen-bond acceptors (Lipinski definition) is 4. The lowest BCUT2D eigenvalue weighted by atomic mass is 10.1. The average molecular weight is 330 g/mol. The van der Waals surface area contributed by atoms with E-state index in [2.05, 4.69) is 9.71 Å². The van der Waals surface area contributed by atoms with Gasteiger partial charge in [-0.15, -0.1) is 11.3 Å². The van der Waals surface area contributed by atoms with Crippen LogP contribution in [0.25, 0.3) is 11.3 Å². The highest BCUT2D eigenvalue weighted by Crippen LogP contribution is 2.31. The smallest absolute Gasteiger partial charge is 0.255 e. The van der Waals surface area contributed by atoms with Gasteiger partial charge in [0.15, 0.2) is 5.13 Å². The van der Waals surface area contributed by atoms with Crippen molar-refractivity contribution in [1.82, 2.24) is 4.98 Å². The summed E-state index contributed by atoms with van der Waals surface area (Å²) in [5.41, 5.74) is 1.78. The lowest BCUT2D eigenvalue weighted by Gasteiger charge is -2.04. The van der Waals surface area contributed by atoms with Crippen molar-refractivity contribution in [3.05, 3.63) is 65.5 Å². The molecule has 6 heteroatoms. The van der Waals surface area contributed by atoms with Crippen LogP contribution in [0.1, 0.15) is 4.88 Å². The van der Waals surface area contributed by atoms with Gasteiger partial charge >= 0.3 is 0 Å². The van der Waals surface area contributed by atoms with Crippen LogP contribution in [-0.2, 0) is 10.0 Å². The van der Waals surface area contributed by atoms with Gasteiger partial charge in [0.1, 0.15) is 0 Å². The van der Waals surface area contributed by atoms with Crippen LogP contribution in [0, 0.1) is 6.92 Å². The van der Waals surface area contributed by atoms with Crippen molar-refractivity contribution in [3.8, 4) is 11.3 Å². The predicted molar refractivity (Wildman–Crippen MR) is 89.5 cm³/mol. The first-order chi connectivity index (χ1) is 10.6. The van der Waals surface area contributed by atoms with Gasteiger partial charge in [-0.1, -0.05) is 48.5 Å². The van der Waals surface area contributed by atoms with Gasteiger partial charge in [-0.2, -0.15) is 0 Å². The molecule has 0 saturated heterocycles. The monoisotopic (exact) mass is 330 g/mol. The maximum absolute atomic E-state index is 12.3. The third kappa shape index (κ3) is 3.03. The molecule has 0 radical (unpaired) electrons. The second-order valence-electron chi connectivity index (χ2n) is 4.71. The minimum atomic E-state index is -3.60. The standard InChI is InChI=1S/C16H14N2O2S2/c1-12-15(13-8-4-2-5-9-13)17-16(21-12)18-22(19,20)14-10-6-3-7-11-14/h2-11H,1H3,(H,17,18). The summed E-state index contributed by atoms with van der Waals surface area (Å²) in [6.07, 6.45) is 0. The van der Waals surface area contributed by atoms with E-state index in [1.807, 2.05) is 37.3 Å². The summed E-state index contributed by atoms with van der Waals surface area (Å²) in [4.78, 5) is 5.61. The van der Waals surface area contributed by atoms with Gasteiger partial charge in [0.2, 0.25) is 0 Å². The van der Waals surface area contributed by atoms with Crippen LogP contribution in [-0.4, -0.2) is 13.4 Å². The van der Waals surface area contributed by atoms with Gasteiger partial charge in [0.25, 0.3) is 10.0 Å². The molecule has 4 nitrogen and oxygen atoms in total. The Bertz CT molecular complexity index is 873. The molecule has 0 amide bonds. The van der Waals surface area contributed by atoms with Crippen molar-refractivity contribution < 1.29 is 8.42 Å². The Morgan fingerprint density at radius 2 is 1.55 bits per heavy atom. The van der Waals surface area contributed by atoms with E-state index in [4.69, 9.17) is 0 Å². The minimum absolute atomic E-state index is 0.226. The van der Waals surface area contributed by atoms with Crippen LogP contribution < -0.4 is 4.72 Å². The Hall–Kier alpha value is -2.18.